The minimum Gasteiger partial charge on any atom is -0.348 e. The van der Waals surface area contributed by atoms with Gasteiger partial charge >= 0.3 is 0 Å². The zero-order valence-corrected chi connectivity index (χ0v) is 11.2. The van der Waals surface area contributed by atoms with E-state index in [4.69, 9.17) is 0 Å². The minimum absolute atomic E-state index is 0.0579. The second-order valence-electron chi connectivity index (χ2n) is 5.66. The van der Waals surface area contributed by atoms with Gasteiger partial charge in [-0.3, -0.25) is 4.79 Å². The third-order valence-electron chi connectivity index (χ3n) is 4.50. The van der Waals surface area contributed by atoms with Crippen LogP contribution < -0.4 is 5.32 Å². The predicted molar refractivity (Wildman–Crippen MR) is 73.4 cm³/mol. The number of nitrogens with one attached hydrogen (secondary N) is 1. The Labute approximate surface area is 116 Å². The second-order valence-corrected chi connectivity index (χ2v) is 5.66. The number of piperidine rings is 3. The van der Waals surface area contributed by atoms with E-state index in [2.05, 4.69) is 20.3 Å². The van der Waals surface area contributed by atoms with E-state index in [0.717, 1.165) is 6.54 Å². The molecular formula is C14H17N5O. The van der Waals surface area contributed by atoms with Crippen molar-refractivity contribution in [2.45, 2.75) is 18.9 Å². The topological polar surface area (TPSA) is 62.5 Å². The summed E-state index contributed by atoms with van der Waals surface area (Å²) >= 11 is 0. The molecule has 20 heavy (non-hydrogen) atoms. The van der Waals surface area contributed by atoms with Crippen LogP contribution in [0.5, 0.6) is 0 Å². The lowest BCUT2D eigenvalue weighted by Crippen LogP contribution is -2.57. The van der Waals surface area contributed by atoms with Gasteiger partial charge in [0.1, 0.15) is 5.56 Å². The van der Waals surface area contributed by atoms with Gasteiger partial charge in [-0.1, -0.05) is 0 Å². The highest BCUT2D eigenvalue weighted by molar-refractivity contribution is 5.99. The SMILES string of the molecule is O=C(N[C@H]1CN2CCC1CC2)c1cnn2cccnc12. The van der Waals surface area contributed by atoms with Crippen molar-refractivity contribution in [3.8, 4) is 0 Å². The standard InChI is InChI=1S/C14H17N5O/c20-14(11-8-16-19-5-1-4-15-13(11)19)17-12-9-18-6-2-10(12)3-7-18/h1,4-5,8,10,12H,2-3,6-7,9H2,(H,17,20)/t12-/m0/s1. The van der Waals surface area contributed by atoms with Crippen LogP contribution in [0, 0.1) is 5.92 Å². The third kappa shape index (κ3) is 1.87. The fourth-order valence-electron chi connectivity index (χ4n) is 3.36. The van der Waals surface area contributed by atoms with Gasteiger partial charge in [-0.25, -0.2) is 9.50 Å². The van der Waals surface area contributed by atoms with Crippen molar-refractivity contribution in [1.29, 1.82) is 0 Å². The number of nitrogens with zero attached hydrogens (tertiary/aromatic N) is 4. The zero-order chi connectivity index (χ0) is 13.5. The number of fused-ring (bicyclic) bond motifs is 4. The maximum Gasteiger partial charge on any atom is 0.257 e. The van der Waals surface area contributed by atoms with Gasteiger partial charge in [-0.2, -0.15) is 5.10 Å². The van der Waals surface area contributed by atoms with Crippen LogP contribution in [0.3, 0.4) is 0 Å². The van der Waals surface area contributed by atoms with E-state index in [-0.39, 0.29) is 11.9 Å². The number of carbonyl (C=O) groups is 1. The summed E-state index contributed by atoms with van der Waals surface area (Å²) < 4.78 is 1.63. The van der Waals surface area contributed by atoms with Gasteiger partial charge in [-0.05, 0) is 37.9 Å². The molecule has 0 aliphatic carbocycles. The molecule has 2 aromatic heterocycles. The Morgan fingerprint density at radius 3 is 2.95 bits per heavy atom. The van der Waals surface area contributed by atoms with Crippen molar-refractivity contribution in [2.75, 3.05) is 19.6 Å². The molecule has 1 atom stereocenters. The summed E-state index contributed by atoms with van der Waals surface area (Å²) in [6.07, 6.45) is 7.46. The first kappa shape index (κ1) is 11.8. The maximum absolute atomic E-state index is 12.4. The van der Waals surface area contributed by atoms with E-state index in [1.807, 2.05) is 0 Å². The normalized spacial score (nSPS) is 28.7. The molecule has 6 nitrogen and oxygen atoms in total. The first-order valence-corrected chi connectivity index (χ1v) is 7.13. The van der Waals surface area contributed by atoms with E-state index >= 15 is 0 Å². The van der Waals surface area contributed by atoms with Crippen molar-refractivity contribution in [2.24, 2.45) is 5.92 Å². The Balaban J connectivity index is 1.56. The van der Waals surface area contributed by atoms with Crippen LogP contribution in [0.15, 0.2) is 24.7 Å². The van der Waals surface area contributed by atoms with Crippen molar-refractivity contribution >= 4 is 11.6 Å². The Morgan fingerprint density at radius 1 is 1.35 bits per heavy atom. The molecule has 2 aromatic rings. The number of amides is 1. The quantitative estimate of drug-likeness (QED) is 0.866. The smallest absolute Gasteiger partial charge is 0.257 e. The number of aromatic nitrogens is 3. The van der Waals surface area contributed by atoms with E-state index in [1.54, 1.807) is 29.2 Å². The summed E-state index contributed by atoms with van der Waals surface area (Å²) in [5, 5.41) is 7.33. The van der Waals surface area contributed by atoms with Crippen molar-refractivity contribution in [1.82, 2.24) is 24.8 Å². The Hall–Kier alpha value is -1.95. The summed E-state index contributed by atoms with van der Waals surface area (Å²) in [6, 6.07) is 2.07. The van der Waals surface area contributed by atoms with Crippen molar-refractivity contribution < 1.29 is 4.79 Å². The summed E-state index contributed by atoms with van der Waals surface area (Å²) in [5.74, 6) is 0.566. The lowest BCUT2D eigenvalue weighted by Gasteiger charge is -2.44. The van der Waals surface area contributed by atoms with Gasteiger partial charge in [0.25, 0.3) is 5.91 Å². The highest BCUT2D eigenvalue weighted by Crippen LogP contribution is 2.27. The molecule has 0 saturated carbocycles. The molecule has 2 bridgehead atoms. The van der Waals surface area contributed by atoms with Gasteiger partial charge in [0.2, 0.25) is 0 Å². The molecule has 3 aliphatic heterocycles. The molecule has 3 aliphatic rings. The molecular weight excluding hydrogens is 254 g/mol. The molecule has 1 amide bonds. The average Bonchev–Trinajstić information content (AvgIpc) is 2.92. The second kappa shape index (κ2) is 4.56. The monoisotopic (exact) mass is 271 g/mol. The molecule has 0 unspecified atom stereocenters. The highest BCUT2D eigenvalue weighted by atomic mass is 16.1. The molecule has 3 saturated heterocycles. The molecule has 104 valence electrons. The molecule has 5 rings (SSSR count). The van der Waals surface area contributed by atoms with Crippen LogP contribution >= 0.6 is 0 Å². The Kier molecular flexibility index (Phi) is 2.70. The van der Waals surface area contributed by atoms with Gasteiger partial charge in [-0.15, -0.1) is 0 Å². The zero-order valence-electron chi connectivity index (χ0n) is 11.2. The van der Waals surface area contributed by atoms with Crippen LogP contribution in [0.2, 0.25) is 0 Å². The highest BCUT2D eigenvalue weighted by Gasteiger charge is 2.35. The van der Waals surface area contributed by atoms with E-state index in [0.29, 0.717) is 17.1 Å². The molecule has 5 heterocycles. The number of hydrogen-bond acceptors (Lipinski definition) is 4. The first-order chi connectivity index (χ1) is 9.81. The van der Waals surface area contributed by atoms with Crippen LogP contribution in [0.1, 0.15) is 23.2 Å². The third-order valence-corrected chi connectivity index (χ3v) is 4.50. The fraction of sp³-hybridized carbons (Fsp3) is 0.500. The van der Waals surface area contributed by atoms with Crippen molar-refractivity contribution in [3.63, 3.8) is 0 Å². The average molecular weight is 271 g/mol. The van der Waals surface area contributed by atoms with Gasteiger partial charge in [0.05, 0.1) is 6.20 Å². The lowest BCUT2D eigenvalue weighted by molar-refractivity contribution is 0.0621. The number of hydrogen-bond donors (Lipinski definition) is 1. The van der Waals surface area contributed by atoms with Gasteiger partial charge in [0, 0.05) is 25.0 Å². The molecule has 0 radical (unpaired) electrons. The summed E-state index contributed by atoms with van der Waals surface area (Å²) in [4.78, 5) is 19.1. The van der Waals surface area contributed by atoms with Crippen LogP contribution in [-0.4, -0.2) is 51.1 Å². The molecule has 3 fully saturated rings. The van der Waals surface area contributed by atoms with E-state index in [9.17, 15) is 4.79 Å². The Bertz CT molecular complexity index is 644. The van der Waals surface area contributed by atoms with E-state index in [1.165, 1.54) is 25.9 Å². The summed E-state index contributed by atoms with van der Waals surface area (Å²) in [7, 11) is 0. The number of carbonyl (C=O) groups excluding carboxylic acids is 1. The minimum atomic E-state index is -0.0579. The van der Waals surface area contributed by atoms with Crippen molar-refractivity contribution in [3.05, 3.63) is 30.2 Å². The van der Waals surface area contributed by atoms with Gasteiger partial charge < -0.3 is 10.2 Å². The molecule has 6 heteroatoms. The molecule has 0 aromatic carbocycles. The van der Waals surface area contributed by atoms with Crippen LogP contribution in [-0.2, 0) is 0 Å². The van der Waals surface area contributed by atoms with Crippen LogP contribution in [0.4, 0.5) is 0 Å². The number of rotatable bonds is 2. The summed E-state index contributed by atoms with van der Waals surface area (Å²) in [5.41, 5.74) is 1.17. The summed E-state index contributed by atoms with van der Waals surface area (Å²) in [6.45, 7) is 3.33. The largest absolute Gasteiger partial charge is 0.348 e. The fourth-order valence-corrected chi connectivity index (χ4v) is 3.36. The maximum atomic E-state index is 12.4. The molecule has 0 spiro atoms. The van der Waals surface area contributed by atoms with Crippen LogP contribution in [0.25, 0.3) is 5.65 Å². The predicted octanol–water partition coefficient (Wildman–Crippen LogP) is 0.553. The first-order valence-electron chi connectivity index (χ1n) is 7.13. The lowest BCUT2D eigenvalue weighted by atomic mass is 9.84. The Morgan fingerprint density at radius 2 is 2.20 bits per heavy atom. The van der Waals surface area contributed by atoms with Gasteiger partial charge in [0.15, 0.2) is 5.65 Å². The molecule has 1 N–H and O–H groups in total. The van der Waals surface area contributed by atoms with E-state index < -0.39 is 0 Å².